The Hall–Kier alpha value is -4.03. The van der Waals surface area contributed by atoms with Gasteiger partial charge in [-0.1, -0.05) is 41.9 Å². The first-order valence-electron chi connectivity index (χ1n) is 11.6. The van der Waals surface area contributed by atoms with Crippen LogP contribution in [0.3, 0.4) is 0 Å². The molecule has 7 heteroatoms. The molecule has 0 saturated carbocycles. The van der Waals surface area contributed by atoms with Crippen molar-refractivity contribution in [2.75, 3.05) is 13.7 Å². The summed E-state index contributed by atoms with van der Waals surface area (Å²) < 4.78 is 5.20. The van der Waals surface area contributed by atoms with Gasteiger partial charge in [-0.3, -0.25) is 9.59 Å². The lowest BCUT2D eigenvalue weighted by Crippen LogP contribution is -2.31. The van der Waals surface area contributed by atoms with Crippen LogP contribution in [-0.4, -0.2) is 40.3 Å². The number of rotatable bonds is 6. The maximum absolute atomic E-state index is 13.3. The number of aromatic nitrogens is 1. The van der Waals surface area contributed by atoms with Crippen molar-refractivity contribution in [3.8, 4) is 5.75 Å². The van der Waals surface area contributed by atoms with E-state index < -0.39 is 17.7 Å². The SMILES string of the molecule is COc1ccc(C(O)=C2C(=O)C(=O)N(CCc3c(C)[nH]c4ccccc34)[C@@H]2c2ccc(Cl)cc2)cc1. The van der Waals surface area contributed by atoms with E-state index in [-0.39, 0.29) is 11.3 Å². The molecule has 36 heavy (non-hydrogen) atoms. The highest BCUT2D eigenvalue weighted by Gasteiger charge is 2.45. The standard InChI is InChI=1S/C29H25ClN2O4/c1-17-22(23-5-3-4-6-24(23)31-17)15-16-32-26(18-7-11-20(30)12-8-18)25(28(34)29(32)35)27(33)19-9-13-21(36-2)14-10-19/h3-14,26,31,33H,15-16H2,1-2H3/t26-/m1/s1. The summed E-state index contributed by atoms with van der Waals surface area (Å²) in [7, 11) is 1.55. The van der Waals surface area contributed by atoms with Crippen LogP contribution < -0.4 is 4.74 Å². The molecule has 6 nitrogen and oxygen atoms in total. The van der Waals surface area contributed by atoms with Gasteiger partial charge < -0.3 is 19.7 Å². The molecule has 0 unspecified atom stereocenters. The fourth-order valence-electron chi connectivity index (χ4n) is 4.90. The number of halogens is 1. The maximum atomic E-state index is 13.3. The van der Waals surface area contributed by atoms with Gasteiger partial charge in [0.1, 0.15) is 11.5 Å². The molecule has 5 rings (SSSR count). The second-order valence-corrected chi connectivity index (χ2v) is 9.23. The Morgan fingerprint density at radius 3 is 2.42 bits per heavy atom. The molecule has 1 aromatic heterocycles. The van der Waals surface area contributed by atoms with Crippen molar-refractivity contribution in [1.29, 1.82) is 0 Å². The molecule has 0 radical (unpaired) electrons. The first kappa shape index (κ1) is 23.7. The van der Waals surface area contributed by atoms with Gasteiger partial charge in [0.25, 0.3) is 11.7 Å². The highest BCUT2D eigenvalue weighted by atomic mass is 35.5. The van der Waals surface area contributed by atoms with Crippen LogP contribution in [0.25, 0.3) is 16.7 Å². The van der Waals surface area contributed by atoms with E-state index in [0.717, 1.165) is 22.2 Å². The molecule has 0 spiro atoms. The molecule has 1 atom stereocenters. The summed E-state index contributed by atoms with van der Waals surface area (Å²) in [6, 6.07) is 21.0. The number of aliphatic hydroxyl groups is 1. The number of carbonyl (C=O) groups is 2. The Labute approximate surface area is 213 Å². The van der Waals surface area contributed by atoms with Crippen molar-refractivity contribution in [3.05, 3.63) is 106 Å². The van der Waals surface area contributed by atoms with E-state index >= 15 is 0 Å². The van der Waals surface area contributed by atoms with Gasteiger partial charge in [0.05, 0.1) is 18.7 Å². The Morgan fingerprint density at radius 2 is 1.72 bits per heavy atom. The number of nitrogens with zero attached hydrogens (tertiary/aromatic N) is 1. The topological polar surface area (TPSA) is 82.6 Å². The van der Waals surface area contributed by atoms with Gasteiger partial charge in [0.2, 0.25) is 0 Å². The Bertz CT molecular complexity index is 1490. The summed E-state index contributed by atoms with van der Waals surface area (Å²) in [4.78, 5) is 31.5. The number of methoxy groups -OCH3 is 1. The number of ether oxygens (including phenoxy) is 1. The molecule has 0 bridgehead atoms. The highest BCUT2D eigenvalue weighted by Crippen LogP contribution is 2.40. The van der Waals surface area contributed by atoms with E-state index in [4.69, 9.17) is 16.3 Å². The third-order valence-electron chi connectivity index (χ3n) is 6.72. The van der Waals surface area contributed by atoms with E-state index in [1.165, 1.54) is 0 Å². The number of aliphatic hydroxyl groups excluding tert-OH is 1. The number of hydrogen-bond acceptors (Lipinski definition) is 4. The lowest BCUT2D eigenvalue weighted by Gasteiger charge is -2.25. The number of aromatic amines is 1. The van der Waals surface area contributed by atoms with Gasteiger partial charge in [0.15, 0.2) is 0 Å². The molecular formula is C29H25ClN2O4. The predicted octanol–water partition coefficient (Wildman–Crippen LogP) is 5.80. The zero-order valence-electron chi connectivity index (χ0n) is 19.9. The van der Waals surface area contributed by atoms with Crippen LogP contribution in [0.1, 0.15) is 28.4 Å². The summed E-state index contributed by atoms with van der Waals surface area (Å²) in [5, 5.41) is 12.9. The monoisotopic (exact) mass is 500 g/mol. The van der Waals surface area contributed by atoms with Gasteiger partial charge in [0, 0.05) is 33.7 Å². The average Bonchev–Trinajstić information content (AvgIpc) is 3.35. The fraction of sp³-hybridized carbons (Fsp3) is 0.172. The normalized spacial score (nSPS) is 17.2. The number of Topliss-reactive ketones (excluding diaryl/α,β-unsaturated/α-hetero) is 1. The number of hydrogen-bond donors (Lipinski definition) is 2. The summed E-state index contributed by atoms with van der Waals surface area (Å²) in [5.74, 6) is -0.946. The number of para-hydroxylation sites is 1. The summed E-state index contributed by atoms with van der Waals surface area (Å²) >= 11 is 6.11. The maximum Gasteiger partial charge on any atom is 0.295 e. The average molecular weight is 501 g/mol. The Balaban J connectivity index is 1.57. The molecule has 1 fully saturated rings. The summed E-state index contributed by atoms with van der Waals surface area (Å²) in [6.45, 7) is 2.31. The summed E-state index contributed by atoms with van der Waals surface area (Å²) in [6.07, 6.45) is 0.551. The summed E-state index contributed by atoms with van der Waals surface area (Å²) in [5.41, 5.74) is 4.33. The van der Waals surface area contributed by atoms with Gasteiger partial charge >= 0.3 is 0 Å². The first-order chi connectivity index (χ1) is 17.4. The number of fused-ring (bicyclic) bond motifs is 1. The lowest BCUT2D eigenvalue weighted by atomic mass is 9.95. The zero-order valence-corrected chi connectivity index (χ0v) is 20.7. The van der Waals surface area contributed by atoms with Crippen LogP contribution in [-0.2, 0) is 16.0 Å². The van der Waals surface area contributed by atoms with E-state index in [9.17, 15) is 14.7 Å². The number of likely N-dealkylation sites (tertiary alicyclic amines) is 1. The number of benzene rings is 3. The number of carbonyl (C=O) groups excluding carboxylic acids is 2. The van der Waals surface area contributed by atoms with Crippen molar-refractivity contribution in [2.24, 2.45) is 0 Å². The van der Waals surface area contributed by atoms with Gasteiger partial charge in [-0.25, -0.2) is 0 Å². The molecule has 3 aromatic carbocycles. The fourth-order valence-corrected chi connectivity index (χ4v) is 5.02. The molecular weight excluding hydrogens is 476 g/mol. The van der Waals surface area contributed by atoms with E-state index in [1.54, 1.807) is 60.5 Å². The third-order valence-corrected chi connectivity index (χ3v) is 6.97. The minimum Gasteiger partial charge on any atom is -0.507 e. The third kappa shape index (κ3) is 4.14. The number of H-pyrrole nitrogens is 1. The zero-order chi connectivity index (χ0) is 25.4. The van der Waals surface area contributed by atoms with Crippen molar-refractivity contribution >= 4 is 40.0 Å². The van der Waals surface area contributed by atoms with E-state index in [2.05, 4.69) is 4.98 Å². The second-order valence-electron chi connectivity index (χ2n) is 8.80. The predicted molar refractivity (Wildman–Crippen MR) is 140 cm³/mol. The van der Waals surface area contributed by atoms with E-state index in [0.29, 0.717) is 34.9 Å². The number of ketones is 1. The van der Waals surface area contributed by atoms with Crippen LogP contribution in [0.5, 0.6) is 5.75 Å². The van der Waals surface area contributed by atoms with Gasteiger partial charge in [-0.15, -0.1) is 0 Å². The van der Waals surface area contributed by atoms with Crippen LogP contribution in [0, 0.1) is 6.92 Å². The van der Waals surface area contributed by atoms with Crippen LogP contribution in [0.4, 0.5) is 0 Å². The molecule has 1 amide bonds. The molecule has 2 heterocycles. The van der Waals surface area contributed by atoms with Gasteiger partial charge in [-0.05, 0) is 66.9 Å². The molecule has 2 N–H and O–H groups in total. The highest BCUT2D eigenvalue weighted by molar-refractivity contribution is 6.46. The lowest BCUT2D eigenvalue weighted by molar-refractivity contribution is -0.139. The molecule has 1 aliphatic heterocycles. The number of aryl methyl sites for hydroxylation is 1. The van der Waals surface area contributed by atoms with Gasteiger partial charge in [-0.2, -0.15) is 0 Å². The Kier molecular flexibility index (Phi) is 6.29. The minimum atomic E-state index is -0.741. The van der Waals surface area contributed by atoms with Crippen molar-refractivity contribution in [2.45, 2.75) is 19.4 Å². The molecule has 182 valence electrons. The molecule has 0 aliphatic carbocycles. The smallest absolute Gasteiger partial charge is 0.295 e. The first-order valence-corrected chi connectivity index (χ1v) is 12.0. The Morgan fingerprint density at radius 1 is 1.03 bits per heavy atom. The number of amides is 1. The molecule has 1 saturated heterocycles. The quantitative estimate of drug-likeness (QED) is 0.199. The second kappa shape index (κ2) is 9.55. The van der Waals surface area contributed by atoms with Crippen molar-refractivity contribution < 1.29 is 19.4 Å². The largest absolute Gasteiger partial charge is 0.507 e. The molecule has 1 aliphatic rings. The van der Waals surface area contributed by atoms with Crippen LogP contribution in [0.2, 0.25) is 5.02 Å². The van der Waals surface area contributed by atoms with Crippen molar-refractivity contribution in [3.63, 3.8) is 0 Å². The number of nitrogens with one attached hydrogen (secondary N) is 1. The van der Waals surface area contributed by atoms with E-state index in [1.807, 2.05) is 31.2 Å². The molecule has 4 aromatic rings. The van der Waals surface area contributed by atoms with Crippen molar-refractivity contribution in [1.82, 2.24) is 9.88 Å². The minimum absolute atomic E-state index is 0.0585. The van der Waals surface area contributed by atoms with Crippen LogP contribution in [0.15, 0.2) is 78.4 Å². The van der Waals surface area contributed by atoms with Crippen LogP contribution >= 0.6 is 11.6 Å².